The van der Waals surface area contributed by atoms with Gasteiger partial charge in [0.1, 0.15) is 11.9 Å². The van der Waals surface area contributed by atoms with Gasteiger partial charge in [0.05, 0.1) is 13.2 Å². The van der Waals surface area contributed by atoms with Crippen LogP contribution in [0.3, 0.4) is 0 Å². The number of azide groups is 1. The number of carbonyl (C=O) groups is 1. The van der Waals surface area contributed by atoms with Crippen molar-refractivity contribution in [2.45, 2.75) is 44.5 Å². The van der Waals surface area contributed by atoms with Crippen molar-refractivity contribution in [2.75, 3.05) is 13.2 Å². The van der Waals surface area contributed by atoms with Crippen LogP contribution in [-0.2, 0) is 29.0 Å². The number of hydrogen-bond acceptors (Lipinski definition) is 7. The molecular formula is C29H30Cl2N6O4. The van der Waals surface area contributed by atoms with Gasteiger partial charge in [-0.05, 0) is 65.5 Å². The zero-order valence-corrected chi connectivity index (χ0v) is 23.9. The highest BCUT2D eigenvalue weighted by Gasteiger charge is 2.50. The number of aliphatic hydroxyl groups excluding tert-OH is 1. The second-order valence-electron chi connectivity index (χ2n) is 9.43. The van der Waals surface area contributed by atoms with Crippen LogP contribution in [0.1, 0.15) is 35.6 Å². The Labute approximate surface area is 247 Å². The molecule has 0 unspecified atom stereocenters. The number of aliphatic hydroxyl groups is 1. The van der Waals surface area contributed by atoms with Crippen molar-refractivity contribution in [2.24, 2.45) is 10.1 Å². The molecule has 1 amide bonds. The summed E-state index contributed by atoms with van der Waals surface area (Å²) in [5.41, 5.74) is 16.3. The molecule has 3 aromatic rings. The Morgan fingerprint density at radius 2 is 1.90 bits per heavy atom. The Kier molecular flexibility index (Phi) is 10.5. The summed E-state index contributed by atoms with van der Waals surface area (Å²) >= 11 is 12.3. The van der Waals surface area contributed by atoms with Gasteiger partial charge in [0.2, 0.25) is 5.90 Å². The van der Waals surface area contributed by atoms with Crippen LogP contribution < -0.4 is 15.6 Å². The van der Waals surface area contributed by atoms with Crippen molar-refractivity contribution in [3.05, 3.63) is 109 Å². The van der Waals surface area contributed by atoms with E-state index in [1.54, 1.807) is 37.3 Å². The van der Waals surface area contributed by atoms with Gasteiger partial charge >= 0.3 is 0 Å². The number of amides is 1. The average molecular weight is 598 g/mol. The number of benzene rings is 3. The summed E-state index contributed by atoms with van der Waals surface area (Å²) in [6.07, 6.45) is 0.102. The first-order valence-electron chi connectivity index (χ1n) is 13.0. The van der Waals surface area contributed by atoms with Crippen LogP contribution in [0.2, 0.25) is 10.0 Å². The molecule has 41 heavy (non-hydrogen) atoms. The zero-order valence-electron chi connectivity index (χ0n) is 22.4. The van der Waals surface area contributed by atoms with E-state index in [1.807, 2.05) is 36.4 Å². The number of rotatable bonds is 13. The predicted octanol–water partition coefficient (Wildman–Crippen LogP) is 5.53. The number of aliphatic imine (C=N–C) groups is 1. The van der Waals surface area contributed by atoms with Crippen molar-refractivity contribution in [3.63, 3.8) is 0 Å². The third-order valence-corrected chi connectivity index (χ3v) is 7.29. The lowest BCUT2D eigenvalue weighted by Crippen LogP contribution is -2.55. The van der Waals surface area contributed by atoms with E-state index < -0.39 is 17.6 Å². The summed E-state index contributed by atoms with van der Waals surface area (Å²) in [5.74, 6) is 0.574. The number of nitrogens with zero attached hydrogens (tertiary/aromatic N) is 4. The zero-order chi connectivity index (χ0) is 29.2. The highest BCUT2D eigenvalue weighted by Crippen LogP contribution is 2.34. The minimum atomic E-state index is -1.34. The van der Waals surface area contributed by atoms with Gasteiger partial charge in [-0.15, -0.1) is 0 Å². The van der Waals surface area contributed by atoms with Crippen molar-refractivity contribution in [3.8, 4) is 5.75 Å². The van der Waals surface area contributed by atoms with Crippen molar-refractivity contribution < 1.29 is 19.4 Å². The molecule has 0 saturated heterocycles. The Hall–Kier alpha value is -3.79. The van der Waals surface area contributed by atoms with E-state index in [0.29, 0.717) is 40.3 Å². The molecule has 0 spiro atoms. The number of nitrogens with one attached hydrogen (secondary N) is 2. The second-order valence-corrected chi connectivity index (χ2v) is 10.3. The normalized spacial score (nSPS) is 17.8. The Balaban J connectivity index is 1.61. The Bertz CT molecular complexity index is 1450. The van der Waals surface area contributed by atoms with E-state index in [4.69, 9.17) is 48.3 Å². The summed E-state index contributed by atoms with van der Waals surface area (Å²) in [7, 11) is 0. The molecule has 214 valence electrons. The van der Waals surface area contributed by atoms with E-state index in [9.17, 15) is 4.79 Å². The lowest BCUT2D eigenvalue weighted by atomic mass is 9.84. The standard InChI is InChI=1S/C29H30Cl2N6O4/c1-19-29(16-21-5-2-3-6-22(21)17-34-37-32,28(39)36-33-18-23-7-10-24(30)15-26(23)31)35-27(41-19)20-8-11-25(12-9-20)40-14-4-13-38/h2-3,5-12,15,19,33,38H,4,13-14,16-18H2,1H3,(H,36,39)/t19-,29-/m0/s1. The fourth-order valence-electron chi connectivity index (χ4n) is 4.42. The molecule has 0 fully saturated rings. The molecule has 0 aromatic heterocycles. The molecule has 0 saturated carbocycles. The van der Waals surface area contributed by atoms with Gasteiger partial charge in [-0.2, -0.15) is 0 Å². The highest BCUT2D eigenvalue weighted by molar-refractivity contribution is 6.35. The third kappa shape index (κ3) is 7.49. The summed E-state index contributed by atoms with van der Waals surface area (Å²) in [5, 5.41) is 13.7. The van der Waals surface area contributed by atoms with Crippen LogP contribution in [0.25, 0.3) is 10.4 Å². The first-order chi connectivity index (χ1) is 19.9. The Morgan fingerprint density at radius 3 is 2.61 bits per heavy atom. The minimum Gasteiger partial charge on any atom is -0.494 e. The summed E-state index contributed by atoms with van der Waals surface area (Å²) in [6, 6.07) is 19.8. The number of hydrazine groups is 1. The topological polar surface area (TPSA) is 141 Å². The molecule has 1 aliphatic heterocycles. The molecular weight excluding hydrogens is 567 g/mol. The van der Waals surface area contributed by atoms with Crippen LogP contribution in [0, 0.1) is 0 Å². The van der Waals surface area contributed by atoms with Gasteiger partial charge in [-0.25, -0.2) is 10.4 Å². The van der Waals surface area contributed by atoms with Gasteiger partial charge in [0.15, 0.2) is 5.54 Å². The molecule has 0 bridgehead atoms. The Morgan fingerprint density at radius 1 is 1.15 bits per heavy atom. The van der Waals surface area contributed by atoms with Gasteiger partial charge < -0.3 is 14.6 Å². The largest absolute Gasteiger partial charge is 0.494 e. The van der Waals surface area contributed by atoms with Crippen molar-refractivity contribution in [1.82, 2.24) is 10.9 Å². The fourth-order valence-corrected chi connectivity index (χ4v) is 4.89. The van der Waals surface area contributed by atoms with Crippen molar-refractivity contribution in [1.29, 1.82) is 0 Å². The van der Waals surface area contributed by atoms with Crippen LogP contribution >= 0.6 is 23.2 Å². The quantitative estimate of drug-likeness (QED) is 0.0781. The first kappa shape index (κ1) is 30.2. The lowest BCUT2D eigenvalue weighted by molar-refractivity contribution is -0.129. The van der Waals surface area contributed by atoms with Crippen LogP contribution in [0.4, 0.5) is 0 Å². The molecule has 2 atom stereocenters. The van der Waals surface area contributed by atoms with E-state index in [2.05, 4.69) is 20.9 Å². The van der Waals surface area contributed by atoms with Gasteiger partial charge in [0, 0.05) is 46.5 Å². The van der Waals surface area contributed by atoms with Crippen LogP contribution in [0.5, 0.6) is 5.75 Å². The van der Waals surface area contributed by atoms with Crippen molar-refractivity contribution >= 4 is 35.0 Å². The smallest absolute Gasteiger partial charge is 0.266 e. The molecule has 3 aromatic carbocycles. The van der Waals surface area contributed by atoms with E-state index in [1.165, 1.54) is 0 Å². The molecule has 10 nitrogen and oxygen atoms in total. The maximum atomic E-state index is 13.9. The number of carbonyl (C=O) groups excluding carboxylic acids is 1. The van der Waals surface area contributed by atoms with Crippen LogP contribution in [-0.4, -0.2) is 41.8 Å². The molecule has 1 aliphatic rings. The van der Waals surface area contributed by atoms with Gasteiger partial charge in [0.25, 0.3) is 5.91 Å². The summed E-state index contributed by atoms with van der Waals surface area (Å²) in [6.45, 7) is 2.65. The third-order valence-electron chi connectivity index (χ3n) is 6.71. The first-order valence-corrected chi connectivity index (χ1v) is 13.8. The SMILES string of the molecule is C[C@@H]1OC(c2ccc(OCCCO)cc2)=N[C@]1(Cc1ccccc1CN=[N+]=[N-])C(=O)NNCc1ccc(Cl)cc1Cl. The molecule has 4 rings (SSSR count). The highest BCUT2D eigenvalue weighted by atomic mass is 35.5. The molecule has 3 N–H and O–H groups in total. The molecule has 1 heterocycles. The molecule has 0 radical (unpaired) electrons. The molecule has 12 heteroatoms. The number of hydrogen-bond donors (Lipinski definition) is 3. The molecule has 0 aliphatic carbocycles. The maximum absolute atomic E-state index is 13.9. The lowest BCUT2D eigenvalue weighted by Gasteiger charge is -2.29. The summed E-state index contributed by atoms with van der Waals surface area (Å²) < 4.78 is 11.8. The van der Waals surface area contributed by atoms with Gasteiger partial charge in [-0.3, -0.25) is 10.2 Å². The predicted molar refractivity (Wildman–Crippen MR) is 158 cm³/mol. The minimum absolute atomic E-state index is 0.0539. The maximum Gasteiger partial charge on any atom is 0.266 e. The monoisotopic (exact) mass is 596 g/mol. The summed E-state index contributed by atoms with van der Waals surface area (Å²) in [4.78, 5) is 21.6. The van der Waals surface area contributed by atoms with Crippen LogP contribution in [0.15, 0.2) is 76.8 Å². The van der Waals surface area contributed by atoms with E-state index in [0.717, 1.165) is 16.7 Å². The van der Waals surface area contributed by atoms with E-state index >= 15 is 0 Å². The number of ether oxygens (including phenoxy) is 2. The fraction of sp³-hybridized carbons (Fsp3) is 0.310. The van der Waals surface area contributed by atoms with E-state index in [-0.39, 0.29) is 26.1 Å². The van der Waals surface area contributed by atoms with Gasteiger partial charge in [-0.1, -0.05) is 58.6 Å². The number of halogens is 2. The average Bonchev–Trinajstić information content (AvgIpc) is 3.30. The second kappa shape index (κ2) is 14.2.